The Morgan fingerprint density at radius 2 is 1.89 bits per heavy atom. The fourth-order valence-electron chi connectivity index (χ4n) is 5.83. The van der Waals surface area contributed by atoms with Crippen molar-refractivity contribution in [2.75, 3.05) is 52.1 Å². The smallest absolute Gasteiger partial charge is 0.416 e. The monoisotopic (exact) mass is 641 g/mol. The molecule has 2 aromatic carbocycles. The molecule has 0 aliphatic carbocycles. The van der Waals surface area contributed by atoms with Crippen molar-refractivity contribution in [2.24, 2.45) is 0 Å². The zero-order chi connectivity index (χ0) is 32.6. The number of hydrogen-bond acceptors (Lipinski definition) is 7. The van der Waals surface area contributed by atoms with Gasteiger partial charge in [-0.2, -0.15) is 13.2 Å². The van der Waals surface area contributed by atoms with Gasteiger partial charge in [-0.3, -0.25) is 9.80 Å². The Kier molecular flexibility index (Phi) is 8.88. The zero-order valence-corrected chi connectivity index (χ0v) is 25.4. The number of hydrogen-bond donors (Lipinski definition) is 4. The van der Waals surface area contributed by atoms with Crippen molar-refractivity contribution < 1.29 is 32.2 Å². The number of ether oxygens (including phenoxy) is 1. The van der Waals surface area contributed by atoms with Gasteiger partial charge in [-0.05, 0) is 67.5 Å². The number of alkyl halides is 3. The highest BCUT2D eigenvalue weighted by Gasteiger charge is 2.34. The number of amides is 2. The lowest BCUT2D eigenvalue weighted by Gasteiger charge is -2.30. The Labute approximate surface area is 262 Å². The van der Waals surface area contributed by atoms with Crippen molar-refractivity contribution in [3.05, 3.63) is 82.4 Å². The first-order valence-corrected chi connectivity index (χ1v) is 15.0. The summed E-state index contributed by atoms with van der Waals surface area (Å²) in [6.45, 7) is 3.50. The standard InChI is InChI=1S/C32H35F4N7O3/c1-41(2)30(44)27-15-24-28(26(33)16-38-29(24)40-27)46-23-6-4-19-7-10-43(18-21(19)13-23)31(45)39-22-5-3-20(25(14-22)32(34,35)36)17-42-11-8-37-9-12-42/h3-6,13-16,30,37,44H,7-12,17-18H2,1-2H3,(H,38,40)(H,39,45). The van der Waals surface area contributed by atoms with Crippen molar-refractivity contribution in [1.29, 1.82) is 0 Å². The van der Waals surface area contributed by atoms with Crippen molar-refractivity contribution in [2.45, 2.75) is 31.9 Å². The number of pyridine rings is 1. The van der Waals surface area contributed by atoms with Gasteiger partial charge in [0.05, 0.1) is 22.8 Å². The number of fused-ring (bicyclic) bond motifs is 2. The molecule has 2 aliphatic heterocycles. The van der Waals surface area contributed by atoms with E-state index in [9.17, 15) is 27.5 Å². The van der Waals surface area contributed by atoms with Gasteiger partial charge < -0.3 is 30.4 Å². The summed E-state index contributed by atoms with van der Waals surface area (Å²) in [5, 5.41) is 16.6. The Morgan fingerprint density at radius 1 is 1.11 bits per heavy atom. The number of nitrogens with zero attached hydrogens (tertiary/aromatic N) is 4. The normalized spacial score (nSPS) is 16.5. The second kappa shape index (κ2) is 12.9. The maximum Gasteiger partial charge on any atom is 0.416 e. The number of piperazine rings is 1. The number of halogens is 4. The van der Waals surface area contributed by atoms with Gasteiger partial charge in [-0.25, -0.2) is 14.2 Å². The van der Waals surface area contributed by atoms with Crippen LogP contribution in [0.4, 0.5) is 28.0 Å². The summed E-state index contributed by atoms with van der Waals surface area (Å²) >= 11 is 0. The third-order valence-corrected chi connectivity index (χ3v) is 8.32. The second-order valence-corrected chi connectivity index (χ2v) is 11.8. The van der Waals surface area contributed by atoms with Crippen LogP contribution in [0.3, 0.4) is 0 Å². The van der Waals surface area contributed by atoms with Gasteiger partial charge in [0.25, 0.3) is 0 Å². The molecule has 0 radical (unpaired) electrons. The Balaban J connectivity index is 1.17. The summed E-state index contributed by atoms with van der Waals surface area (Å²) in [5.41, 5.74) is 1.98. The number of aliphatic hydroxyl groups is 1. The largest absolute Gasteiger partial charge is 0.453 e. The first-order chi connectivity index (χ1) is 22.0. The molecule has 0 bridgehead atoms. The fraction of sp³-hybridized carbons (Fsp3) is 0.375. The minimum Gasteiger partial charge on any atom is -0.453 e. The molecule has 2 aliphatic rings. The third kappa shape index (κ3) is 6.79. The molecule has 6 rings (SSSR count). The van der Waals surface area contributed by atoms with Gasteiger partial charge in [-0.1, -0.05) is 12.1 Å². The molecule has 14 heteroatoms. The van der Waals surface area contributed by atoms with Gasteiger partial charge in [0.15, 0.2) is 11.6 Å². The molecule has 4 heterocycles. The maximum atomic E-state index is 14.9. The van der Waals surface area contributed by atoms with Gasteiger partial charge in [-0.15, -0.1) is 0 Å². The van der Waals surface area contributed by atoms with Gasteiger partial charge in [0.2, 0.25) is 0 Å². The summed E-state index contributed by atoms with van der Waals surface area (Å²) in [6.07, 6.45) is -3.97. The lowest BCUT2D eigenvalue weighted by molar-refractivity contribution is -0.138. The molecular weight excluding hydrogens is 606 g/mol. The summed E-state index contributed by atoms with van der Waals surface area (Å²) in [4.78, 5) is 25.3. The molecular formula is C32H35F4N7O3. The Hall–Kier alpha value is -4.24. The molecule has 4 N–H and O–H groups in total. The number of rotatable bonds is 7. The summed E-state index contributed by atoms with van der Waals surface area (Å²) in [5.74, 6) is -0.420. The number of urea groups is 1. The number of H-pyrrole nitrogens is 1. The first-order valence-electron chi connectivity index (χ1n) is 15.0. The van der Waals surface area contributed by atoms with Crippen LogP contribution in [0.1, 0.15) is 34.2 Å². The topological polar surface area (TPSA) is 109 Å². The molecule has 1 unspecified atom stereocenters. The van der Waals surface area contributed by atoms with E-state index >= 15 is 0 Å². The van der Waals surface area contributed by atoms with Crippen LogP contribution in [0.15, 0.2) is 48.7 Å². The average Bonchev–Trinajstić information content (AvgIpc) is 3.47. The molecule has 0 spiro atoms. The molecule has 46 heavy (non-hydrogen) atoms. The van der Waals surface area contributed by atoms with Crippen LogP contribution >= 0.6 is 0 Å². The molecule has 244 valence electrons. The number of aromatic amines is 1. The van der Waals surface area contributed by atoms with Crippen LogP contribution in [-0.4, -0.2) is 82.6 Å². The summed E-state index contributed by atoms with van der Waals surface area (Å²) in [7, 11) is 3.40. The molecule has 2 amide bonds. The van der Waals surface area contributed by atoms with Crippen LogP contribution in [0.5, 0.6) is 11.5 Å². The highest BCUT2D eigenvalue weighted by molar-refractivity contribution is 5.89. The number of aromatic nitrogens is 2. The van der Waals surface area contributed by atoms with Crippen molar-refractivity contribution in [3.8, 4) is 11.5 Å². The highest BCUT2D eigenvalue weighted by atomic mass is 19.4. The number of benzene rings is 2. The van der Waals surface area contributed by atoms with Crippen LogP contribution in [-0.2, 0) is 25.7 Å². The average molecular weight is 642 g/mol. The fourth-order valence-corrected chi connectivity index (χ4v) is 5.83. The molecule has 1 atom stereocenters. The predicted octanol–water partition coefficient (Wildman–Crippen LogP) is 5.06. The number of carbonyl (C=O) groups is 1. The highest BCUT2D eigenvalue weighted by Crippen LogP contribution is 2.36. The number of carbonyl (C=O) groups excluding carboxylic acids is 1. The van der Waals surface area contributed by atoms with E-state index in [2.05, 4.69) is 20.6 Å². The zero-order valence-electron chi connectivity index (χ0n) is 25.4. The van der Waals surface area contributed by atoms with Gasteiger partial charge >= 0.3 is 12.2 Å². The minimum atomic E-state index is -4.57. The second-order valence-electron chi connectivity index (χ2n) is 11.8. The lowest BCUT2D eigenvalue weighted by Crippen LogP contribution is -2.43. The third-order valence-electron chi connectivity index (χ3n) is 8.32. The molecule has 1 fully saturated rings. The van der Waals surface area contributed by atoms with Crippen LogP contribution in [0.25, 0.3) is 11.0 Å². The van der Waals surface area contributed by atoms with E-state index in [1.165, 1.54) is 17.0 Å². The van der Waals surface area contributed by atoms with Crippen molar-refractivity contribution >= 4 is 22.8 Å². The predicted molar refractivity (Wildman–Crippen MR) is 164 cm³/mol. The molecule has 0 saturated carbocycles. The van der Waals surface area contributed by atoms with Gasteiger partial charge in [0, 0.05) is 51.5 Å². The number of nitrogens with one attached hydrogen (secondary N) is 3. The Bertz CT molecular complexity index is 1740. The van der Waals surface area contributed by atoms with E-state index in [0.717, 1.165) is 36.5 Å². The quantitative estimate of drug-likeness (QED) is 0.165. The van der Waals surface area contributed by atoms with E-state index < -0.39 is 29.8 Å². The van der Waals surface area contributed by atoms with E-state index in [1.807, 2.05) is 11.0 Å². The Morgan fingerprint density at radius 3 is 2.63 bits per heavy atom. The van der Waals surface area contributed by atoms with E-state index in [0.29, 0.717) is 48.5 Å². The first kappa shape index (κ1) is 31.7. The summed E-state index contributed by atoms with van der Waals surface area (Å²) < 4.78 is 62.9. The SMILES string of the molecule is CN(C)C(O)c1cc2c(Oc3ccc4c(c3)CN(C(=O)Nc3ccc(CN5CCNCC5)c(C(F)(F)F)c3)CC4)c(F)cnc2[nH]1. The van der Waals surface area contributed by atoms with Crippen LogP contribution in [0, 0.1) is 5.82 Å². The molecule has 2 aromatic heterocycles. The summed E-state index contributed by atoms with van der Waals surface area (Å²) in [6, 6.07) is 10.3. The lowest BCUT2D eigenvalue weighted by atomic mass is 9.99. The molecule has 10 nitrogen and oxygen atoms in total. The number of aliphatic hydroxyl groups excluding tert-OH is 1. The van der Waals surface area contributed by atoms with Gasteiger partial charge in [0.1, 0.15) is 17.6 Å². The number of anilines is 1. The minimum absolute atomic E-state index is 0.0618. The van der Waals surface area contributed by atoms with E-state index in [4.69, 9.17) is 4.74 Å². The van der Waals surface area contributed by atoms with Crippen LogP contribution in [0.2, 0.25) is 0 Å². The molecule has 1 saturated heterocycles. The van der Waals surface area contributed by atoms with Crippen molar-refractivity contribution in [1.82, 2.24) is 30.0 Å². The van der Waals surface area contributed by atoms with E-state index in [1.54, 1.807) is 37.2 Å². The maximum absolute atomic E-state index is 14.9. The van der Waals surface area contributed by atoms with E-state index in [-0.39, 0.29) is 30.1 Å². The van der Waals surface area contributed by atoms with Crippen molar-refractivity contribution in [3.63, 3.8) is 0 Å². The molecule has 4 aromatic rings. The van der Waals surface area contributed by atoms with Crippen LogP contribution < -0.4 is 15.4 Å².